The number of nitrogens with one attached hydrogen (secondary N) is 2. The number of aromatic nitrogens is 3. The van der Waals surface area contributed by atoms with Crippen molar-refractivity contribution in [1.29, 1.82) is 0 Å². The molecule has 3 amide bonds. The van der Waals surface area contributed by atoms with Crippen molar-refractivity contribution >= 4 is 40.2 Å². The predicted octanol–water partition coefficient (Wildman–Crippen LogP) is 5.80. The molecule has 2 aromatic heterocycles. The SMILES string of the molecule is CC.CC.CN(C(=O)OC(C)(C)C)C1CN(c2ccnc3c2CCN3C(=O)Nc2cc(F)c3[nH]ncc3c2)C1. The number of halogens is 1. The van der Waals surface area contributed by atoms with E-state index in [0.717, 1.165) is 11.3 Å². The van der Waals surface area contributed by atoms with Crippen molar-refractivity contribution in [3.63, 3.8) is 0 Å². The summed E-state index contributed by atoms with van der Waals surface area (Å²) in [6, 6.07) is 4.54. The monoisotopic (exact) mass is 541 g/mol. The van der Waals surface area contributed by atoms with Gasteiger partial charge in [-0.05, 0) is 45.4 Å². The summed E-state index contributed by atoms with van der Waals surface area (Å²) in [5.41, 5.74) is 2.09. The molecule has 4 heterocycles. The minimum atomic E-state index is -0.541. The fraction of sp³-hybridized carbons (Fsp3) is 0.500. The number of fused-ring (bicyclic) bond motifs is 2. The third-order valence-electron chi connectivity index (χ3n) is 6.28. The number of rotatable bonds is 3. The molecule has 39 heavy (non-hydrogen) atoms. The maximum absolute atomic E-state index is 14.3. The Morgan fingerprint density at radius 1 is 1.18 bits per heavy atom. The standard InChI is InChI=1S/C24H28FN7O3.2C2H6/c1-24(2,3)35-23(34)30(4)16-12-31(13-16)19-5-7-26-21-17(19)6-8-32(21)22(33)28-15-9-14-11-27-29-20(14)18(25)10-15;2*1-2/h5,7,9-11,16H,6,8,12-13H2,1-4H3,(H,27,29)(H,28,33);2*1-2H3. The number of carbonyl (C=O) groups is 2. The number of benzene rings is 1. The van der Waals surface area contributed by atoms with Crippen molar-refractivity contribution in [3.05, 3.63) is 42.0 Å². The van der Waals surface area contributed by atoms with Gasteiger partial charge in [-0.3, -0.25) is 10.00 Å². The van der Waals surface area contributed by atoms with Crippen LogP contribution in [0.2, 0.25) is 0 Å². The van der Waals surface area contributed by atoms with Crippen LogP contribution in [0.25, 0.3) is 10.9 Å². The number of amides is 3. The van der Waals surface area contributed by atoms with E-state index in [1.54, 1.807) is 29.1 Å². The second-order valence-electron chi connectivity index (χ2n) is 9.91. The normalized spacial score (nSPS) is 14.4. The molecule has 0 radical (unpaired) electrons. The first-order valence-electron chi connectivity index (χ1n) is 13.5. The topological polar surface area (TPSA) is 107 Å². The fourth-order valence-electron chi connectivity index (χ4n) is 4.42. The van der Waals surface area contributed by atoms with E-state index in [0.29, 0.717) is 48.5 Å². The van der Waals surface area contributed by atoms with Gasteiger partial charge < -0.3 is 19.9 Å². The van der Waals surface area contributed by atoms with Crippen molar-refractivity contribution in [3.8, 4) is 0 Å². The van der Waals surface area contributed by atoms with Crippen LogP contribution in [0.1, 0.15) is 54.0 Å². The summed E-state index contributed by atoms with van der Waals surface area (Å²) in [6.45, 7) is 15.3. The van der Waals surface area contributed by atoms with Gasteiger partial charge in [-0.2, -0.15) is 5.10 Å². The van der Waals surface area contributed by atoms with E-state index in [9.17, 15) is 14.0 Å². The van der Waals surface area contributed by atoms with Gasteiger partial charge in [-0.1, -0.05) is 27.7 Å². The third-order valence-corrected chi connectivity index (χ3v) is 6.28. The second-order valence-corrected chi connectivity index (χ2v) is 9.91. The summed E-state index contributed by atoms with van der Waals surface area (Å²) in [6.07, 6.45) is 3.51. The van der Waals surface area contributed by atoms with Gasteiger partial charge in [0.15, 0.2) is 5.82 Å². The summed E-state index contributed by atoms with van der Waals surface area (Å²) in [5.74, 6) is 0.107. The van der Waals surface area contributed by atoms with Gasteiger partial charge in [-0.25, -0.2) is 19.0 Å². The molecule has 11 heteroatoms. The first kappa shape index (κ1) is 29.7. The second kappa shape index (κ2) is 12.3. The van der Waals surface area contributed by atoms with Gasteiger partial charge in [0.2, 0.25) is 0 Å². The Balaban J connectivity index is 0.00000100. The van der Waals surface area contributed by atoms with Gasteiger partial charge in [0.05, 0.1) is 12.2 Å². The van der Waals surface area contributed by atoms with E-state index in [1.165, 1.54) is 12.3 Å². The largest absolute Gasteiger partial charge is 0.444 e. The highest BCUT2D eigenvalue weighted by atomic mass is 19.1. The van der Waals surface area contributed by atoms with E-state index >= 15 is 0 Å². The third kappa shape index (κ3) is 6.40. The zero-order valence-corrected chi connectivity index (χ0v) is 24.1. The van der Waals surface area contributed by atoms with Crippen molar-refractivity contribution in [2.75, 3.05) is 41.8 Å². The number of aromatic amines is 1. The molecule has 0 spiro atoms. The molecule has 0 bridgehead atoms. The van der Waals surface area contributed by atoms with Gasteiger partial charge >= 0.3 is 12.1 Å². The van der Waals surface area contributed by atoms with Gasteiger partial charge in [0.25, 0.3) is 0 Å². The Hall–Kier alpha value is -3.89. The van der Waals surface area contributed by atoms with Crippen LogP contribution in [0.5, 0.6) is 0 Å². The number of hydrogen-bond donors (Lipinski definition) is 2. The summed E-state index contributed by atoms with van der Waals surface area (Å²) in [4.78, 5) is 35.2. The number of H-pyrrole nitrogens is 1. The molecule has 3 aromatic rings. The molecule has 2 N–H and O–H groups in total. The van der Waals surface area contributed by atoms with Crippen molar-refractivity contribution < 1.29 is 18.7 Å². The van der Waals surface area contributed by atoms with E-state index < -0.39 is 11.4 Å². The Morgan fingerprint density at radius 2 is 1.87 bits per heavy atom. The average molecular weight is 542 g/mol. The van der Waals surface area contributed by atoms with Crippen molar-refractivity contribution in [2.45, 2.75) is 66.5 Å². The highest BCUT2D eigenvalue weighted by molar-refractivity contribution is 6.04. The summed E-state index contributed by atoms with van der Waals surface area (Å²) in [5, 5.41) is 9.78. The summed E-state index contributed by atoms with van der Waals surface area (Å²) in [7, 11) is 1.75. The van der Waals surface area contributed by atoms with Gasteiger partial charge in [0, 0.05) is 55.2 Å². The van der Waals surface area contributed by atoms with Gasteiger partial charge in [-0.15, -0.1) is 0 Å². The van der Waals surface area contributed by atoms with Crippen LogP contribution < -0.4 is 15.1 Å². The van der Waals surface area contributed by atoms with Crippen molar-refractivity contribution in [1.82, 2.24) is 20.1 Å². The molecule has 5 rings (SSSR count). The number of anilines is 3. The highest BCUT2D eigenvalue weighted by Crippen LogP contribution is 2.36. The first-order chi connectivity index (χ1) is 18.6. The molecule has 0 aliphatic carbocycles. The molecule has 0 unspecified atom stereocenters. The molecule has 1 fully saturated rings. The minimum Gasteiger partial charge on any atom is -0.444 e. The van der Waals surface area contributed by atoms with Crippen molar-refractivity contribution in [2.24, 2.45) is 0 Å². The van der Waals surface area contributed by atoms with E-state index in [-0.39, 0.29) is 18.2 Å². The number of carbonyl (C=O) groups excluding carboxylic acids is 2. The van der Waals surface area contributed by atoms with E-state index in [4.69, 9.17) is 4.74 Å². The lowest BCUT2D eigenvalue weighted by Crippen LogP contribution is -2.60. The molecule has 0 atom stereocenters. The molecule has 2 aliphatic heterocycles. The number of ether oxygens (including phenoxy) is 1. The lowest BCUT2D eigenvalue weighted by atomic mass is 10.0. The van der Waals surface area contributed by atoms with Crippen LogP contribution in [0.3, 0.4) is 0 Å². The quantitative estimate of drug-likeness (QED) is 0.434. The zero-order valence-electron chi connectivity index (χ0n) is 24.1. The minimum absolute atomic E-state index is 0.0437. The van der Waals surface area contributed by atoms with Crippen LogP contribution >= 0.6 is 0 Å². The van der Waals surface area contributed by atoms with Crippen LogP contribution in [0.15, 0.2) is 30.6 Å². The lowest BCUT2D eigenvalue weighted by molar-refractivity contribution is 0.0197. The summed E-state index contributed by atoms with van der Waals surface area (Å²) >= 11 is 0. The molecule has 10 nitrogen and oxygen atoms in total. The summed E-state index contributed by atoms with van der Waals surface area (Å²) < 4.78 is 19.7. The Labute approximate surface area is 229 Å². The smallest absolute Gasteiger partial charge is 0.410 e. The molecule has 0 saturated carbocycles. The number of pyridine rings is 1. The van der Waals surface area contributed by atoms with Crippen LogP contribution in [-0.4, -0.2) is 70.5 Å². The van der Waals surface area contributed by atoms with Crippen LogP contribution in [0, 0.1) is 5.82 Å². The fourth-order valence-corrected chi connectivity index (χ4v) is 4.42. The zero-order chi connectivity index (χ0) is 28.9. The molecular formula is C28H40FN7O3. The van der Waals surface area contributed by atoms with E-state index in [2.05, 4.69) is 25.4 Å². The molecule has 212 valence electrons. The Bertz CT molecular complexity index is 1300. The van der Waals surface area contributed by atoms with Crippen LogP contribution in [-0.2, 0) is 11.2 Å². The Kier molecular flexibility index (Phi) is 9.36. The number of nitrogens with zero attached hydrogens (tertiary/aromatic N) is 5. The number of hydrogen-bond acceptors (Lipinski definition) is 6. The average Bonchev–Trinajstić information content (AvgIpc) is 3.52. The molecular weight excluding hydrogens is 501 g/mol. The first-order valence-corrected chi connectivity index (χ1v) is 13.5. The number of likely N-dealkylation sites (N-methyl/N-ethyl adjacent to an activating group) is 1. The lowest BCUT2D eigenvalue weighted by Gasteiger charge is -2.45. The highest BCUT2D eigenvalue weighted by Gasteiger charge is 2.37. The maximum atomic E-state index is 14.3. The van der Waals surface area contributed by atoms with Gasteiger partial charge in [0.1, 0.15) is 16.9 Å². The number of urea groups is 1. The molecule has 2 aliphatic rings. The van der Waals surface area contributed by atoms with Crippen LogP contribution in [0.4, 0.5) is 31.2 Å². The predicted molar refractivity (Wildman–Crippen MR) is 153 cm³/mol. The molecule has 1 saturated heterocycles. The van der Waals surface area contributed by atoms with E-state index in [1.807, 2.05) is 54.5 Å². The maximum Gasteiger partial charge on any atom is 0.410 e. The Morgan fingerprint density at radius 3 is 2.54 bits per heavy atom. The molecule has 1 aromatic carbocycles.